The lowest BCUT2D eigenvalue weighted by Crippen LogP contribution is -2.45. The van der Waals surface area contributed by atoms with E-state index in [0.29, 0.717) is 25.0 Å². The van der Waals surface area contributed by atoms with Crippen LogP contribution in [0, 0.1) is 5.92 Å². The molecule has 2 unspecified atom stereocenters. The molecule has 1 saturated heterocycles. The predicted molar refractivity (Wildman–Crippen MR) is 69.4 cm³/mol. The fraction of sp³-hybridized carbons (Fsp3) is 0.929. The fourth-order valence-corrected chi connectivity index (χ4v) is 3.18. The molecule has 4 heteroatoms. The number of hydrogen-bond donors (Lipinski definition) is 0. The highest BCUT2D eigenvalue weighted by atomic mass is 16.5. The smallest absolute Gasteiger partial charge is 0.306 e. The van der Waals surface area contributed by atoms with E-state index in [0.717, 1.165) is 32.7 Å². The Balaban J connectivity index is 1.78. The van der Waals surface area contributed by atoms with Gasteiger partial charge in [0.05, 0.1) is 19.8 Å². The van der Waals surface area contributed by atoms with Gasteiger partial charge in [-0.05, 0) is 32.1 Å². The van der Waals surface area contributed by atoms with Crippen molar-refractivity contribution in [3.8, 4) is 0 Å². The van der Waals surface area contributed by atoms with Gasteiger partial charge in [-0.25, -0.2) is 0 Å². The Morgan fingerprint density at radius 2 is 2.11 bits per heavy atom. The second-order valence-electron chi connectivity index (χ2n) is 5.34. The molecule has 1 heterocycles. The molecule has 2 atom stereocenters. The maximum Gasteiger partial charge on any atom is 0.306 e. The van der Waals surface area contributed by atoms with E-state index >= 15 is 0 Å². The highest BCUT2D eigenvalue weighted by molar-refractivity contribution is 5.69. The first-order valence-electron chi connectivity index (χ1n) is 7.27. The number of rotatable bonds is 4. The van der Waals surface area contributed by atoms with Crippen LogP contribution in [-0.2, 0) is 14.3 Å². The van der Waals surface area contributed by atoms with Crippen LogP contribution in [0.25, 0.3) is 0 Å². The molecule has 0 aromatic heterocycles. The molecule has 0 aromatic carbocycles. The van der Waals surface area contributed by atoms with E-state index in [9.17, 15) is 4.79 Å². The summed E-state index contributed by atoms with van der Waals surface area (Å²) >= 11 is 0. The molecule has 0 aromatic rings. The van der Waals surface area contributed by atoms with Crippen molar-refractivity contribution in [2.24, 2.45) is 5.92 Å². The first kappa shape index (κ1) is 13.8. The van der Waals surface area contributed by atoms with E-state index in [-0.39, 0.29) is 5.97 Å². The molecule has 0 amide bonds. The highest BCUT2D eigenvalue weighted by Gasteiger charge is 2.28. The molecular formula is C14H25NO3. The lowest BCUT2D eigenvalue weighted by atomic mass is 9.83. The van der Waals surface area contributed by atoms with Crippen molar-refractivity contribution in [1.82, 2.24) is 4.90 Å². The van der Waals surface area contributed by atoms with Gasteiger partial charge in [-0.1, -0.05) is 6.42 Å². The summed E-state index contributed by atoms with van der Waals surface area (Å²) < 4.78 is 10.5. The van der Waals surface area contributed by atoms with Gasteiger partial charge in [0.25, 0.3) is 0 Å². The summed E-state index contributed by atoms with van der Waals surface area (Å²) in [5.41, 5.74) is 0. The van der Waals surface area contributed by atoms with Crippen molar-refractivity contribution in [2.45, 2.75) is 45.1 Å². The van der Waals surface area contributed by atoms with Gasteiger partial charge in [-0.2, -0.15) is 0 Å². The average Bonchev–Trinajstić information content (AvgIpc) is 2.40. The molecule has 0 radical (unpaired) electrons. The van der Waals surface area contributed by atoms with Crippen LogP contribution in [0.1, 0.15) is 39.0 Å². The number of nitrogens with zero attached hydrogens (tertiary/aromatic N) is 1. The quantitative estimate of drug-likeness (QED) is 0.718. The molecule has 18 heavy (non-hydrogen) atoms. The first-order chi connectivity index (χ1) is 8.79. The SMILES string of the molecule is CCOC(=O)CC1CCCC(N2CCOCC2)C1. The number of esters is 1. The first-order valence-corrected chi connectivity index (χ1v) is 7.27. The minimum absolute atomic E-state index is 0.0230. The zero-order valence-corrected chi connectivity index (χ0v) is 11.4. The van der Waals surface area contributed by atoms with Crippen LogP contribution in [0.15, 0.2) is 0 Å². The number of carbonyl (C=O) groups excluding carboxylic acids is 1. The van der Waals surface area contributed by atoms with E-state index in [4.69, 9.17) is 9.47 Å². The number of carbonyl (C=O) groups is 1. The van der Waals surface area contributed by atoms with Crippen LogP contribution >= 0.6 is 0 Å². The average molecular weight is 255 g/mol. The third-order valence-corrected chi connectivity index (χ3v) is 4.08. The van der Waals surface area contributed by atoms with Crippen LogP contribution in [0.5, 0.6) is 0 Å². The molecule has 2 rings (SSSR count). The minimum Gasteiger partial charge on any atom is -0.466 e. The van der Waals surface area contributed by atoms with Crippen molar-refractivity contribution in [1.29, 1.82) is 0 Å². The normalized spacial score (nSPS) is 30.1. The summed E-state index contributed by atoms with van der Waals surface area (Å²) in [6, 6.07) is 0.655. The van der Waals surface area contributed by atoms with Gasteiger partial charge >= 0.3 is 5.97 Å². The summed E-state index contributed by atoms with van der Waals surface area (Å²) in [7, 11) is 0. The van der Waals surface area contributed by atoms with E-state index in [1.54, 1.807) is 0 Å². The van der Waals surface area contributed by atoms with Gasteiger partial charge in [0, 0.05) is 25.6 Å². The van der Waals surface area contributed by atoms with Crippen molar-refractivity contribution < 1.29 is 14.3 Å². The number of hydrogen-bond acceptors (Lipinski definition) is 4. The van der Waals surface area contributed by atoms with Crippen LogP contribution in [-0.4, -0.2) is 49.8 Å². The summed E-state index contributed by atoms with van der Waals surface area (Å²) in [6.07, 6.45) is 5.46. The van der Waals surface area contributed by atoms with Gasteiger partial charge < -0.3 is 9.47 Å². The number of morpholine rings is 1. The Kier molecular flexibility index (Phi) is 5.45. The summed E-state index contributed by atoms with van der Waals surface area (Å²) in [4.78, 5) is 14.1. The Morgan fingerprint density at radius 1 is 1.33 bits per heavy atom. The van der Waals surface area contributed by atoms with Gasteiger partial charge in [0.15, 0.2) is 0 Å². The van der Waals surface area contributed by atoms with Crippen molar-refractivity contribution in [2.75, 3.05) is 32.9 Å². The zero-order chi connectivity index (χ0) is 12.8. The van der Waals surface area contributed by atoms with E-state index < -0.39 is 0 Å². The van der Waals surface area contributed by atoms with Crippen LogP contribution in [0.2, 0.25) is 0 Å². The standard InChI is InChI=1S/C14H25NO3/c1-2-18-14(16)11-12-4-3-5-13(10-12)15-6-8-17-9-7-15/h12-13H,2-11H2,1H3. The van der Waals surface area contributed by atoms with Crippen LogP contribution < -0.4 is 0 Å². The molecule has 0 bridgehead atoms. The molecule has 1 saturated carbocycles. The Morgan fingerprint density at radius 3 is 2.83 bits per heavy atom. The van der Waals surface area contributed by atoms with E-state index in [2.05, 4.69) is 4.90 Å². The summed E-state index contributed by atoms with van der Waals surface area (Å²) in [6.45, 7) is 6.19. The maximum absolute atomic E-state index is 11.5. The Bertz CT molecular complexity index is 264. The van der Waals surface area contributed by atoms with Crippen molar-refractivity contribution in [3.63, 3.8) is 0 Å². The summed E-state index contributed by atoms with van der Waals surface area (Å²) in [5.74, 6) is 0.496. The number of ether oxygens (including phenoxy) is 2. The molecule has 0 N–H and O–H groups in total. The molecule has 1 aliphatic carbocycles. The lowest BCUT2D eigenvalue weighted by molar-refractivity contribution is -0.144. The van der Waals surface area contributed by atoms with Gasteiger partial charge in [0.1, 0.15) is 0 Å². The van der Waals surface area contributed by atoms with Crippen LogP contribution in [0.3, 0.4) is 0 Å². The second-order valence-corrected chi connectivity index (χ2v) is 5.34. The predicted octanol–water partition coefficient (Wildman–Crippen LogP) is 1.83. The molecule has 2 aliphatic rings. The Hall–Kier alpha value is -0.610. The summed E-state index contributed by atoms with van der Waals surface area (Å²) in [5, 5.41) is 0. The zero-order valence-electron chi connectivity index (χ0n) is 11.4. The molecule has 4 nitrogen and oxygen atoms in total. The fourth-order valence-electron chi connectivity index (χ4n) is 3.18. The monoisotopic (exact) mass is 255 g/mol. The van der Waals surface area contributed by atoms with E-state index in [1.165, 1.54) is 19.3 Å². The minimum atomic E-state index is -0.0230. The Labute approximate surface area is 110 Å². The molecular weight excluding hydrogens is 230 g/mol. The van der Waals surface area contributed by atoms with E-state index in [1.807, 2.05) is 6.92 Å². The lowest BCUT2D eigenvalue weighted by Gasteiger charge is -2.39. The highest BCUT2D eigenvalue weighted by Crippen LogP contribution is 2.30. The maximum atomic E-state index is 11.5. The largest absolute Gasteiger partial charge is 0.466 e. The third kappa shape index (κ3) is 3.95. The molecule has 2 fully saturated rings. The van der Waals surface area contributed by atoms with Gasteiger partial charge in [0.2, 0.25) is 0 Å². The molecule has 104 valence electrons. The third-order valence-electron chi connectivity index (χ3n) is 4.08. The van der Waals surface area contributed by atoms with Crippen LogP contribution in [0.4, 0.5) is 0 Å². The van der Waals surface area contributed by atoms with Gasteiger partial charge in [-0.15, -0.1) is 0 Å². The molecule has 0 spiro atoms. The second kappa shape index (κ2) is 7.10. The van der Waals surface area contributed by atoms with Crippen molar-refractivity contribution in [3.05, 3.63) is 0 Å². The van der Waals surface area contributed by atoms with Gasteiger partial charge in [-0.3, -0.25) is 9.69 Å². The molecule has 1 aliphatic heterocycles. The topological polar surface area (TPSA) is 38.8 Å². The van der Waals surface area contributed by atoms with Crippen molar-refractivity contribution >= 4 is 5.97 Å².